The first-order valence-corrected chi connectivity index (χ1v) is 7.09. The van der Waals surface area contributed by atoms with E-state index >= 15 is 0 Å². The van der Waals surface area contributed by atoms with E-state index in [1.54, 1.807) is 0 Å². The van der Waals surface area contributed by atoms with Gasteiger partial charge >= 0.3 is 0 Å². The first kappa shape index (κ1) is 13.9. The van der Waals surface area contributed by atoms with Crippen LogP contribution in [0.25, 0.3) is 6.08 Å². The molecular weight excluding hydrogens is 234 g/mol. The molecule has 2 heteroatoms. The second-order valence-corrected chi connectivity index (χ2v) is 5.89. The van der Waals surface area contributed by atoms with Crippen LogP contribution in [0.2, 0.25) is 0 Å². The van der Waals surface area contributed by atoms with E-state index in [2.05, 4.69) is 13.8 Å². The van der Waals surface area contributed by atoms with E-state index < -0.39 is 0 Å². The summed E-state index contributed by atoms with van der Waals surface area (Å²) < 4.78 is 0. The zero-order valence-corrected chi connectivity index (χ0v) is 12.1. The zero-order valence-electron chi connectivity index (χ0n) is 12.1. The number of amides is 1. The number of hydrogen-bond donors (Lipinski definition) is 0. The maximum Gasteiger partial charge on any atom is 0.249 e. The molecule has 102 valence electrons. The predicted molar refractivity (Wildman–Crippen MR) is 79.6 cm³/mol. The molecule has 19 heavy (non-hydrogen) atoms. The molecule has 1 aromatic carbocycles. The minimum atomic E-state index is 0.183. The van der Waals surface area contributed by atoms with Crippen molar-refractivity contribution in [1.82, 2.24) is 4.90 Å². The SMILES string of the molecule is C/C(=C\c1ccccc1)C(=O)N1C[C@@H](C)C[C@H](C)C1. The Morgan fingerprint density at radius 3 is 2.32 bits per heavy atom. The van der Waals surface area contributed by atoms with Gasteiger partial charge in [0.15, 0.2) is 0 Å². The molecule has 0 spiro atoms. The zero-order chi connectivity index (χ0) is 13.8. The monoisotopic (exact) mass is 257 g/mol. The van der Waals surface area contributed by atoms with Gasteiger partial charge < -0.3 is 4.90 Å². The summed E-state index contributed by atoms with van der Waals surface area (Å²) in [6.07, 6.45) is 3.21. The minimum absolute atomic E-state index is 0.183. The Kier molecular flexibility index (Phi) is 4.41. The highest BCUT2D eigenvalue weighted by Gasteiger charge is 2.25. The summed E-state index contributed by atoms with van der Waals surface area (Å²) in [5.41, 5.74) is 1.92. The molecule has 1 aromatic rings. The van der Waals surface area contributed by atoms with E-state index in [9.17, 15) is 4.79 Å². The smallest absolute Gasteiger partial charge is 0.249 e. The Bertz CT molecular complexity index is 453. The quantitative estimate of drug-likeness (QED) is 0.741. The number of carbonyl (C=O) groups is 1. The summed E-state index contributed by atoms with van der Waals surface area (Å²) in [5.74, 6) is 1.40. The molecular formula is C17H23NO. The van der Waals surface area contributed by atoms with E-state index in [1.807, 2.05) is 48.2 Å². The van der Waals surface area contributed by atoms with Gasteiger partial charge in [0.1, 0.15) is 0 Å². The Morgan fingerprint density at radius 1 is 1.16 bits per heavy atom. The second kappa shape index (κ2) is 6.05. The molecule has 2 atom stereocenters. The summed E-state index contributed by atoms with van der Waals surface area (Å²) in [5, 5.41) is 0. The number of piperidine rings is 1. The van der Waals surface area contributed by atoms with Gasteiger partial charge in [0.05, 0.1) is 0 Å². The van der Waals surface area contributed by atoms with Gasteiger partial charge in [0.2, 0.25) is 5.91 Å². The van der Waals surface area contributed by atoms with Crippen LogP contribution in [0.15, 0.2) is 35.9 Å². The summed E-state index contributed by atoms with van der Waals surface area (Å²) in [4.78, 5) is 14.5. The third-order valence-electron chi connectivity index (χ3n) is 3.68. The lowest BCUT2D eigenvalue weighted by atomic mass is 9.91. The van der Waals surface area contributed by atoms with Crippen molar-refractivity contribution >= 4 is 12.0 Å². The largest absolute Gasteiger partial charge is 0.338 e. The van der Waals surface area contributed by atoms with E-state index in [1.165, 1.54) is 6.42 Å². The van der Waals surface area contributed by atoms with E-state index in [0.717, 1.165) is 24.2 Å². The Hall–Kier alpha value is -1.57. The van der Waals surface area contributed by atoms with Gasteiger partial charge in [-0.1, -0.05) is 44.2 Å². The van der Waals surface area contributed by atoms with Gasteiger partial charge in [-0.25, -0.2) is 0 Å². The molecule has 0 N–H and O–H groups in total. The van der Waals surface area contributed by atoms with Crippen LogP contribution < -0.4 is 0 Å². The average molecular weight is 257 g/mol. The lowest BCUT2D eigenvalue weighted by Crippen LogP contribution is -2.42. The summed E-state index contributed by atoms with van der Waals surface area (Å²) >= 11 is 0. The Morgan fingerprint density at radius 2 is 1.74 bits per heavy atom. The van der Waals surface area contributed by atoms with Crippen LogP contribution in [0.1, 0.15) is 32.8 Å². The predicted octanol–water partition coefficient (Wildman–Crippen LogP) is 3.59. The van der Waals surface area contributed by atoms with Crippen LogP contribution in [-0.4, -0.2) is 23.9 Å². The Labute approximate surface area is 116 Å². The van der Waals surface area contributed by atoms with Crippen LogP contribution in [0.4, 0.5) is 0 Å². The van der Waals surface area contributed by atoms with Gasteiger partial charge in [-0.15, -0.1) is 0 Å². The van der Waals surface area contributed by atoms with Crippen LogP contribution >= 0.6 is 0 Å². The Balaban J connectivity index is 2.09. The van der Waals surface area contributed by atoms with Crippen LogP contribution in [0, 0.1) is 11.8 Å². The number of carbonyl (C=O) groups excluding carboxylic acids is 1. The van der Waals surface area contributed by atoms with E-state index in [-0.39, 0.29) is 5.91 Å². The molecule has 0 aromatic heterocycles. The highest BCUT2D eigenvalue weighted by Crippen LogP contribution is 2.22. The topological polar surface area (TPSA) is 20.3 Å². The van der Waals surface area contributed by atoms with Gasteiger partial charge in [-0.3, -0.25) is 4.79 Å². The molecule has 0 aliphatic carbocycles. The maximum atomic E-state index is 12.5. The third kappa shape index (κ3) is 3.69. The number of nitrogens with zero attached hydrogens (tertiary/aromatic N) is 1. The molecule has 0 radical (unpaired) electrons. The molecule has 1 aliphatic rings. The summed E-state index contributed by atoms with van der Waals surface area (Å²) in [6.45, 7) is 8.16. The van der Waals surface area contributed by atoms with Gasteiger partial charge in [0, 0.05) is 18.7 Å². The minimum Gasteiger partial charge on any atom is -0.338 e. The standard InChI is InChI=1S/C17H23NO/c1-13-9-14(2)12-18(11-13)17(19)15(3)10-16-7-5-4-6-8-16/h4-8,10,13-14H,9,11-12H2,1-3H3/b15-10+/t13-,14-/m0/s1. The fraction of sp³-hybridized carbons (Fsp3) is 0.471. The van der Waals surface area contributed by atoms with Crippen molar-refractivity contribution in [3.8, 4) is 0 Å². The van der Waals surface area contributed by atoms with E-state index in [4.69, 9.17) is 0 Å². The number of likely N-dealkylation sites (tertiary alicyclic amines) is 1. The lowest BCUT2D eigenvalue weighted by Gasteiger charge is -2.35. The normalized spacial score (nSPS) is 24.4. The number of rotatable bonds is 2. The van der Waals surface area contributed by atoms with Crippen LogP contribution in [-0.2, 0) is 4.79 Å². The van der Waals surface area contributed by atoms with Gasteiger partial charge in [0.25, 0.3) is 0 Å². The van der Waals surface area contributed by atoms with Crippen molar-refractivity contribution < 1.29 is 4.79 Å². The van der Waals surface area contributed by atoms with Gasteiger partial charge in [-0.05, 0) is 36.8 Å². The third-order valence-corrected chi connectivity index (χ3v) is 3.68. The van der Waals surface area contributed by atoms with Crippen molar-refractivity contribution in [2.45, 2.75) is 27.2 Å². The fourth-order valence-corrected chi connectivity index (χ4v) is 2.94. The molecule has 1 amide bonds. The fourth-order valence-electron chi connectivity index (χ4n) is 2.94. The lowest BCUT2D eigenvalue weighted by molar-refractivity contribution is -0.129. The van der Waals surface area contributed by atoms with Crippen molar-refractivity contribution in [2.75, 3.05) is 13.1 Å². The molecule has 1 fully saturated rings. The molecule has 0 unspecified atom stereocenters. The number of hydrogen-bond acceptors (Lipinski definition) is 1. The first-order valence-electron chi connectivity index (χ1n) is 7.09. The highest BCUT2D eigenvalue weighted by atomic mass is 16.2. The molecule has 1 saturated heterocycles. The first-order chi connectivity index (χ1) is 9.06. The molecule has 0 saturated carbocycles. The molecule has 1 heterocycles. The average Bonchev–Trinajstić information content (AvgIpc) is 2.37. The molecule has 2 rings (SSSR count). The van der Waals surface area contributed by atoms with Gasteiger partial charge in [-0.2, -0.15) is 0 Å². The molecule has 1 aliphatic heterocycles. The van der Waals surface area contributed by atoms with E-state index in [0.29, 0.717) is 11.8 Å². The summed E-state index contributed by atoms with van der Waals surface area (Å²) in [7, 11) is 0. The van der Waals surface area contributed by atoms with Crippen molar-refractivity contribution in [3.05, 3.63) is 41.5 Å². The molecule has 2 nitrogen and oxygen atoms in total. The number of benzene rings is 1. The summed E-state index contributed by atoms with van der Waals surface area (Å²) in [6, 6.07) is 10.0. The van der Waals surface area contributed by atoms with Crippen molar-refractivity contribution in [1.29, 1.82) is 0 Å². The van der Waals surface area contributed by atoms with Crippen molar-refractivity contribution in [2.24, 2.45) is 11.8 Å². The van der Waals surface area contributed by atoms with Crippen LogP contribution in [0.3, 0.4) is 0 Å². The molecule has 0 bridgehead atoms. The van der Waals surface area contributed by atoms with Crippen LogP contribution in [0.5, 0.6) is 0 Å². The maximum absolute atomic E-state index is 12.5. The highest BCUT2D eigenvalue weighted by molar-refractivity contribution is 5.97. The van der Waals surface area contributed by atoms with Crippen molar-refractivity contribution in [3.63, 3.8) is 0 Å². The second-order valence-electron chi connectivity index (χ2n) is 5.89.